The lowest BCUT2D eigenvalue weighted by Crippen LogP contribution is -2.19. The molecule has 1 unspecified atom stereocenters. The summed E-state index contributed by atoms with van der Waals surface area (Å²) in [4.78, 5) is 0. The highest BCUT2D eigenvalue weighted by Crippen LogP contribution is 2.41. The van der Waals surface area contributed by atoms with Crippen LogP contribution in [0.25, 0.3) is 0 Å². The maximum absolute atomic E-state index is 6.03. The zero-order chi connectivity index (χ0) is 12.5. The molecule has 0 spiro atoms. The zero-order valence-corrected chi connectivity index (χ0v) is 11.8. The first-order valence-electron chi connectivity index (χ1n) is 5.33. The summed E-state index contributed by atoms with van der Waals surface area (Å²) in [6, 6.07) is 5.70. The minimum absolute atomic E-state index is 0.111. The molecule has 16 heavy (non-hydrogen) atoms. The normalized spacial score (nSPS) is 13.6. The van der Waals surface area contributed by atoms with Gasteiger partial charge in [-0.2, -0.15) is 0 Å². The van der Waals surface area contributed by atoms with Crippen LogP contribution in [0, 0.1) is 5.41 Å². The fourth-order valence-corrected chi connectivity index (χ4v) is 2.81. The van der Waals surface area contributed by atoms with Crippen molar-refractivity contribution in [2.45, 2.75) is 33.6 Å². The van der Waals surface area contributed by atoms with Gasteiger partial charge in [0.05, 0.1) is 0 Å². The van der Waals surface area contributed by atoms with Crippen molar-refractivity contribution in [2.75, 3.05) is 0 Å². The van der Waals surface area contributed by atoms with Crippen LogP contribution in [0.1, 0.15) is 39.2 Å². The average Bonchev–Trinajstić information content (AvgIpc) is 1.96. The van der Waals surface area contributed by atoms with Crippen LogP contribution < -0.4 is 0 Å². The molecule has 0 heterocycles. The fourth-order valence-electron chi connectivity index (χ4n) is 2.27. The largest absolute Gasteiger partial charge is 0.0995 e. The van der Waals surface area contributed by atoms with Gasteiger partial charge in [0.15, 0.2) is 0 Å². The van der Waals surface area contributed by atoms with Crippen molar-refractivity contribution >= 4 is 23.2 Å². The first-order valence-corrected chi connectivity index (χ1v) is 6.09. The Labute approximate surface area is 108 Å². The molecule has 88 valence electrons. The molecule has 0 nitrogen and oxygen atoms in total. The molecule has 0 saturated carbocycles. The molecule has 2 heteroatoms. The Balaban J connectivity index is 3.27. The minimum Gasteiger partial charge on any atom is -0.0995 e. The average molecular weight is 257 g/mol. The van der Waals surface area contributed by atoms with Crippen LogP contribution in [0.3, 0.4) is 0 Å². The molecule has 0 aliphatic heterocycles. The molecule has 0 aliphatic carbocycles. The molecule has 0 saturated heterocycles. The number of halogens is 2. The van der Waals surface area contributed by atoms with Gasteiger partial charge in [-0.3, -0.25) is 0 Å². The molecule has 1 aromatic carbocycles. The molecule has 0 amide bonds. The quantitative estimate of drug-likeness (QED) is 0.596. The predicted molar refractivity (Wildman–Crippen MR) is 73.5 cm³/mol. The lowest BCUT2D eigenvalue weighted by atomic mass is 9.73. The van der Waals surface area contributed by atoms with Crippen molar-refractivity contribution in [1.82, 2.24) is 0 Å². The molecule has 0 N–H and O–H groups in total. The number of allylic oxidation sites excluding steroid dienone is 1. The summed E-state index contributed by atoms with van der Waals surface area (Å²) in [5.41, 5.74) is 2.38. The van der Waals surface area contributed by atoms with Crippen LogP contribution in [-0.2, 0) is 0 Å². The van der Waals surface area contributed by atoms with Gasteiger partial charge in [0.25, 0.3) is 0 Å². The number of hydrogen-bond acceptors (Lipinski definition) is 0. The maximum atomic E-state index is 6.03. The summed E-state index contributed by atoms with van der Waals surface area (Å²) in [6.07, 6.45) is 0. The topological polar surface area (TPSA) is 0 Å². The molecule has 0 fully saturated rings. The number of hydrogen-bond donors (Lipinski definition) is 0. The SMILES string of the molecule is C=C(C)C(c1cc(Cl)cc(Cl)c1)C(C)(C)C. The van der Waals surface area contributed by atoms with E-state index in [0.717, 1.165) is 11.1 Å². The summed E-state index contributed by atoms with van der Waals surface area (Å²) in [6.45, 7) is 12.7. The smallest absolute Gasteiger partial charge is 0.0423 e. The van der Waals surface area contributed by atoms with Gasteiger partial charge in [-0.25, -0.2) is 0 Å². The first-order chi connectivity index (χ1) is 7.21. The summed E-state index contributed by atoms with van der Waals surface area (Å²) in [7, 11) is 0. The van der Waals surface area contributed by atoms with E-state index in [0.29, 0.717) is 10.0 Å². The number of rotatable bonds is 2. The fraction of sp³-hybridized carbons (Fsp3) is 0.429. The molecule has 1 rings (SSSR count). The van der Waals surface area contributed by atoms with E-state index in [9.17, 15) is 0 Å². The lowest BCUT2D eigenvalue weighted by molar-refractivity contribution is 0.354. The highest BCUT2D eigenvalue weighted by Gasteiger charge is 2.27. The minimum atomic E-state index is 0.111. The van der Waals surface area contributed by atoms with Crippen LogP contribution in [-0.4, -0.2) is 0 Å². The van der Waals surface area contributed by atoms with Crippen LogP contribution >= 0.6 is 23.2 Å². The maximum Gasteiger partial charge on any atom is 0.0423 e. The standard InChI is InChI=1S/C14H18Cl2/c1-9(2)13(14(3,4)5)10-6-11(15)8-12(16)7-10/h6-8,13H,1H2,2-5H3. The third kappa shape index (κ3) is 3.26. The summed E-state index contributed by atoms with van der Waals surface area (Å²) in [5.74, 6) is 0.267. The van der Waals surface area contributed by atoms with Crippen LogP contribution in [0.2, 0.25) is 10.0 Å². The van der Waals surface area contributed by atoms with Gasteiger partial charge in [0.2, 0.25) is 0 Å². The van der Waals surface area contributed by atoms with E-state index >= 15 is 0 Å². The molecule has 0 aromatic heterocycles. The predicted octanol–water partition coefficient (Wildman–Crippen LogP) is 5.70. The van der Waals surface area contributed by atoms with Crippen LogP contribution in [0.4, 0.5) is 0 Å². The van der Waals surface area contributed by atoms with Crippen molar-refractivity contribution in [3.8, 4) is 0 Å². The zero-order valence-electron chi connectivity index (χ0n) is 10.3. The summed E-state index contributed by atoms with van der Waals surface area (Å²) < 4.78 is 0. The Morgan fingerprint density at radius 2 is 1.56 bits per heavy atom. The van der Waals surface area contributed by atoms with Gasteiger partial charge in [-0.15, -0.1) is 0 Å². The molecule has 1 aromatic rings. The molecular weight excluding hydrogens is 239 g/mol. The second-order valence-corrected chi connectivity index (χ2v) is 6.22. The van der Waals surface area contributed by atoms with Crippen molar-refractivity contribution in [2.24, 2.45) is 5.41 Å². The van der Waals surface area contributed by atoms with Crippen molar-refractivity contribution in [1.29, 1.82) is 0 Å². The Bertz CT molecular complexity index is 379. The van der Waals surface area contributed by atoms with E-state index in [1.807, 2.05) is 19.1 Å². The van der Waals surface area contributed by atoms with Gasteiger partial charge in [0.1, 0.15) is 0 Å². The van der Waals surface area contributed by atoms with Gasteiger partial charge in [0, 0.05) is 16.0 Å². The van der Waals surface area contributed by atoms with Gasteiger partial charge in [-0.1, -0.05) is 56.1 Å². The van der Waals surface area contributed by atoms with Gasteiger partial charge >= 0.3 is 0 Å². The Morgan fingerprint density at radius 1 is 1.12 bits per heavy atom. The van der Waals surface area contributed by atoms with Crippen LogP contribution in [0.5, 0.6) is 0 Å². The first kappa shape index (κ1) is 13.6. The second-order valence-electron chi connectivity index (χ2n) is 5.35. The molecule has 1 atom stereocenters. The lowest BCUT2D eigenvalue weighted by Gasteiger charge is -2.32. The second kappa shape index (κ2) is 4.81. The van der Waals surface area contributed by atoms with Crippen molar-refractivity contribution in [3.05, 3.63) is 46.0 Å². The van der Waals surface area contributed by atoms with Gasteiger partial charge in [-0.05, 0) is 36.1 Å². The monoisotopic (exact) mass is 256 g/mol. The Kier molecular flexibility index (Phi) is 4.09. The van der Waals surface area contributed by atoms with E-state index < -0.39 is 0 Å². The van der Waals surface area contributed by atoms with E-state index in [4.69, 9.17) is 23.2 Å². The van der Waals surface area contributed by atoms with Gasteiger partial charge < -0.3 is 0 Å². The van der Waals surface area contributed by atoms with E-state index in [2.05, 4.69) is 27.4 Å². The third-order valence-electron chi connectivity index (χ3n) is 2.58. The van der Waals surface area contributed by atoms with E-state index in [-0.39, 0.29) is 11.3 Å². The van der Waals surface area contributed by atoms with Crippen molar-refractivity contribution < 1.29 is 0 Å². The Morgan fingerprint density at radius 3 is 1.88 bits per heavy atom. The summed E-state index contributed by atoms with van der Waals surface area (Å²) >= 11 is 12.1. The highest BCUT2D eigenvalue weighted by molar-refractivity contribution is 6.34. The van der Waals surface area contributed by atoms with E-state index in [1.165, 1.54) is 0 Å². The Hall–Kier alpha value is -0.460. The molecule has 0 radical (unpaired) electrons. The van der Waals surface area contributed by atoms with E-state index in [1.54, 1.807) is 6.07 Å². The summed E-state index contributed by atoms with van der Waals surface area (Å²) in [5, 5.41) is 1.36. The van der Waals surface area contributed by atoms with Crippen LogP contribution in [0.15, 0.2) is 30.4 Å². The number of benzene rings is 1. The molecule has 0 bridgehead atoms. The third-order valence-corrected chi connectivity index (χ3v) is 3.01. The van der Waals surface area contributed by atoms with Crippen molar-refractivity contribution in [3.63, 3.8) is 0 Å². The highest BCUT2D eigenvalue weighted by atomic mass is 35.5. The molecule has 0 aliphatic rings. The molecular formula is C14H18Cl2.